The van der Waals surface area contributed by atoms with Gasteiger partial charge < -0.3 is 5.73 Å². The fraction of sp³-hybridized carbons (Fsp3) is 0.0833. The molecule has 2 rings (SSSR count). The van der Waals surface area contributed by atoms with E-state index in [4.69, 9.17) is 5.73 Å². The number of sulfone groups is 1. The minimum atomic E-state index is -3.45. The van der Waals surface area contributed by atoms with E-state index in [1.165, 1.54) is 30.6 Å². The summed E-state index contributed by atoms with van der Waals surface area (Å²) in [5, 5.41) is 2.45. The number of hydrogen-bond acceptors (Lipinski definition) is 6. The van der Waals surface area contributed by atoms with E-state index in [2.05, 4.69) is 15.3 Å². The topological polar surface area (TPSA) is 115 Å². The van der Waals surface area contributed by atoms with Crippen LogP contribution in [-0.4, -0.2) is 30.5 Å². The third kappa shape index (κ3) is 3.29. The van der Waals surface area contributed by atoms with Gasteiger partial charge in [-0.15, -0.1) is 0 Å². The highest BCUT2D eigenvalue weighted by molar-refractivity contribution is 7.90. The van der Waals surface area contributed by atoms with Crippen molar-refractivity contribution in [2.75, 3.05) is 17.3 Å². The van der Waals surface area contributed by atoms with Crippen molar-refractivity contribution in [3.8, 4) is 0 Å². The zero-order valence-electron chi connectivity index (χ0n) is 10.6. The molecule has 1 aromatic carbocycles. The van der Waals surface area contributed by atoms with Crippen molar-refractivity contribution in [3.63, 3.8) is 0 Å². The fourth-order valence-corrected chi connectivity index (χ4v) is 2.20. The quantitative estimate of drug-likeness (QED) is 0.805. The summed E-state index contributed by atoms with van der Waals surface area (Å²) >= 11 is 0. The number of rotatable bonds is 3. The molecule has 3 N–H and O–H groups in total. The highest BCUT2D eigenvalue weighted by atomic mass is 32.2. The summed E-state index contributed by atoms with van der Waals surface area (Å²) in [6.07, 6.45) is 4.00. The van der Waals surface area contributed by atoms with Crippen molar-refractivity contribution >= 4 is 27.4 Å². The number of carbonyl (C=O) groups excluding carboxylic acids is 1. The van der Waals surface area contributed by atoms with E-state index in [-0.39, 0.29) is 22.1 Å². The van der Waals surface area contributed by atoms with Gasteiger partial charge in [0.1, 0.15) is 0 Å². The number of nitrogens with zero attached hydrogens (tertiary/aromatic N) is 2. The predicted molar refractivity (Wildman–Crippen MR) is 73.9 cm³/mol. The van der Waals surface area contributed by atoms with Crippen molar-refractivity contribution < 1.29 is 13.2 Å². The monoisotopic (exact) mass is 292 g/mol. The van der Waals surface area contributed by atoms with E-state index < -0.39 is 15.7 Å². The first kappa shape index (κ1) is 13.9. The van der Waals surface area contributed by atoms with Crippen LogP contribution in [0.5, 0.6) is 0 Å². The first-order chi connectivity index (χ1) is 9.36. The van der Waals surface area contributed by atoms with Crippen molar-refractivity contribution in [3.05, 3.63) is 42.2 Å². The van der Waals surface area contributed by atoms with Crippen LogP contribution in [0.25, 0.3) is 0 Å². The van der Waals surface area contributed by atoms with E-state index in [1.54, 1.807) is 6.07 Å². The number of carbonyl (C=O) groups is 1. The Morgan fingerprint density at radius 2 is 1.85 bits per heavy atom. The number of hydrogen-bond donors (Lipinski definition) is 2. The van der Waals surface area contributed by atoms with Crippen LogP contribution in [0.4, 0.5) is 11.6 Å². The zero-order valence-corrected chi connectivity index (χ0v) is 11.4. The molecule has 0 bridgehead atoms. The Hall–Kier alpha value is -2.48. The second-order valence-corrected chi connectivity index (χ2v) is 6.11. The van der Waals surface area contributed by atoms with Crippen LogP contribution >= 0.6 is 0 Å². The molecule has 20 heavy (non-hydrogen) atoms. The van der Waals surface area contributed by atoms with E-state index in [9.17, 15) is 13.2 Å². The second-order valence-electron chi connectivity index (χ2n) is 4.09. The molecule has 0 aliphatic carbocycles. The number of amides is 1. The van der Waals surface area contributed by atoms with Gasteiger partial charge in [0.2, 0.25) is 5.95 Å². The van der Waals surface area contributed by atoms with E-state index in [1.807, 2.05) is 0 Å². The third-order valence-electron chi connectivity index (χ3n) is 2.41. The van der Waals surface area contributed by atoms with E-state index >= 15 is 0 Å². The molecule has 0 aliphatic heterocycles. The molecule has 8 heteroatoms. The van der Waals surface area contributed by atoms with Crippen molar-refractivity contribution in [1.29, 1.82) is 0 Å². The molecular formula is C12H12N4O3S. The van der Waals surface area contributed by atoms with Crippen LogP contribution in [0.15, 0.2) is 41.6 Å². The second kappa shape index (κ2) is 5.25. The lowest BCUT2D eigenvalue weighted by molar-refractivity contribution is 0.102. The molecule has 1 amide bonds. The number of anilines is 2. The zero-order chi connectivity index (χ0) is 14.8. The molecular weight excluding hydrogens is 280 g/mol. The fourth-order valence-electron chi connectivity index (χ4n) is 1.50. The number of nitrogen functional groups attached to an aromatic ring is 1. The summed E-state index contributed by atoms with van der Waals surface area (Å²) in [5.41, 5.74) is 5.92. The molecule has 1 heterocycles. The van der Waals surface area contributed by atoms with Crippen LogP contribution in [0.1, 0.15) is 10.4 Å². The van der Waals surface area contributed by atoms with Crippen LogP contribution < -0.4 is 11.1 Å². The first-order valence-electron chi connectivity index (χ1n) is 5.55. The molecule has 0 spiro atoms. The van der Waals surface area contributed by atoms with Gasteiger partial charge >= 0.3 is 0 Å². The molecule has 2 aromatic rings. The Balaban J connectivity index is 2.33. The molecule has 0 fully saturated rings. The van der Waals surface area contributed by atoms with Crippen LogP contribution in [-0.2, 0) is 9.84 Å². The lowest BCUT2D eigenvalue weighted by Gasteiger charge is -2.06. The molecule has 0 unspecified atom stereocenters. The highest BCUT2D eigenvalue weighted by Gasteiger charge is 2.14. The summed E-state index contributed by atoms with van der Waals surface area (Å²) in [4.78, 5) is 19.7. The molecule has 0 atom stereocenters. The van der Waals surface area contributed by atoms with Crippen LogP contribution in [0.2, 0.25) is 0 Å². The Labute approximate surface area is 115 Å². The molecule has 7 nitrogen and oxygen atoms in total. The van der Waals surface area contributed by atoms with Gasteiger partial charge in [-0.2, -0.15) is 0 Å². The van der Waals surface area contributed by atoms with Gasteiger partial charge in [-0.3, -0.25) is 10.1 Å². The van der Waals surface area contributed by atoms with Gasteiger partial charge in [0.15, 0.2) is 9.84 Å². The number of aromatic nitrogens is 2. The Bertz CT molecular complexity index is 745. The maximum Gasteiger partial charge on any atom is 0.258 e. The first-order valence-corrected chi connectivity index (χ1v) is 7.44. The highest BCUT2D eigenvalue weighted by Crippen LogP contribution is 2.17. The summed E-state index contributed by atoms with van der Waals surface area (Å²) in [5.74, 6) is -0.408. The SMILES string of the molecule is CS(=O)(=O)c1cc(N)cc(C(=O)Nc2ncccn2)c1. The number of nitrogens with two attached hydrogens (primary N) is 1. The van der Waals surface area contributed by atoms with Crippen LogP contribution in [0.3, 0.4) is 0 Å². The minimum absolute atomic E-state index is 0.0170. The predicted octanol–water partition coefficient (Wildman–Crippen LogP) is 0.715. The average Bonchev–Trinajstić information content (AvgIpc) is 2.38. The Morgan fingerprint density at radius 3 is 2.45 bits per heavy atom. The lowest BCUT2D eigenvalue weighted by atomic mass is 10.2. The van der Waals surface area contributed by atoms with Crippen molar-refractivity contribution in [2.24, 2.45) is 0 Å². The third-order valence-corrected chi connectivity index (χ3v) is 3.50. The largest absolute Gasteiger partial charge is 0.399 e. The van der Waals surface area contributed by atoms with Crippen molar-refractivity contribution in [2.45, 2.75) is 4.90 Å². The molecule has 104 valence electrons. The maximum absolute atomic E-state index is 12.0. The number of nitrogens with one attached hydrogen (secondary N) is 1. The summed E-state index contributed by atoms with van der Waals surface area (Å²) in [6, 6.07) is 5.54. The molecule has 0 saturated heterocycles. The van der Waals surface area contributed by atoms with Crippen LogP contribution in [0, 0.1) is 0 Å². The van der Waals surface area contributed by atoms with Gasteiger partial charge in [-0.25, -0.2) is 18.4 Å². The normalized spacial score (nSPS) is 11.1. The minimum Gasteiger partial charge on any atom is -0.399 e. The number of benzene rings is 1. The van der Waals surface area contributed by atoms with Crippen molar-refractivity contribution in [1.82, 2.24) is 9.97 Å². The maximum atomic E-state index is 12.0. The average molecular weight is 292 g/mol. The molecule has 0 saturated carbocycles. The summed E-state index contributed by atoms with van der Waals surface area (Å²) in [6.45, 7) is 0. The smallest absolute Gasteiger partial charge is 0.258 e. The van der Waals surface area contributed by atoms with E-state index in [0.717, 1.165) is 6.26 Å². The lowest BCUT2D eigenvalue weighted by Crippen LogP contribution is -2.15. The Kier molecular flexibility index (Phi) is 3.66. The standard InChI is InChI=1S/C12H12N4O3S/c1-20(18,19)10-6-8(5-9(13)7-10)11(17)16-12-14-3-2-4-15-12/h2-7H,13H2,1H3,(H,14,15,16,17). The molecule has 0 radical (unpaired) electrons. The van der Waals surface area contributed by atoms with E-state index in [0.29, 0.717) is 0 Å². The Morgan fingerprint density at radius 1 is 1.20 bits per heavy atom. The van der Waals surface area contributed by atoms with Gasteiger partial charge in [0.25, 0.3) is 5.91 Å². The molecule has 0 aliphatic rings. The summed E-state index contributed by atoms with van der Waals surface area (Å²) in [7, 11) is -3.45. The van der Waals surface area contributed by atoms with Gasteiger partial charge in [-0.05, 0) is 24.3 Å². The van der Waals surface area contributed by atoms with Gasteiger partial charge in [0.05, 0.1) is 4.90 Å². The van der Waals surface area contributed by atoms with Gasteiger partial charge in [0, 0.05) is 29.9 Å². The summed E-state index contributed by atoms with van der Waals surface area (Å²) < 4.78 is 23.0. The van der Waals surface area contributed by atoms with Gasteiger partial charge in [-0.1, -0.05) is 0 Å². The molecule has 1 aromatic heterocycles.